The maximum Gasteiger partial charge on any atom is 0.433 e. The quantitative estimate of drug-likeness (QED) is 0.536. The van der Waals surface area contributed by atoms with E-state index in [-0.39, 0.29) is 31.4 Å². The standard InChI is InChI=1S/C12H14F5N5O.ClH/c13-11(14)5-7(21-6-11)9(23)18-3-4-20-10-19-2-1-8(22-10)12(15,16)17;/h1-2,7,21H,3-6H2,(H,18,23)(H,19,20,22);1H. The second-order valence-electron chi connectivity index (χ2n) is 4.97. The third kappa shape index (κ3) is 5.71. The summed E-state index contributed by atoms with van der Waals surface area (Å²) < 4.78 is 63.2. The number of nitrogens with one attached hydrogen (secondary N) is 3. The van der Waals surface area contributed by atoms with Gasteiger partial charge in [-0.2, -0.15) is 13.2 Å². The first kappa shape index (κ1) is 20.3. The molecule has 136 valence electrons. The van der Waals surface area contributed by atoms with E-state index in [0.29, 0.717) is 0 Å². The zero-order chi connectivity index (χ0) is 17.1. The van der Waals surface area contributed by atoms with Crippen LogP contribution in [0.5, 0.6) is 0 Å². The number of amides is 1. The summed E-state index contributed by atoms with van der Waals surface area (Å²) in [6, 6.07) is -0.242. The van der Waals surface area contributed by atoms with Gasteiger partial charge in [0.15, 0.2) is 0 Å². The molecule has 3 N–H and O–H groups in total. The first-order chi connectivity index (χ1) is 10.7. The Labute approximate surface area is 140 Å². The van der Waals surface area contributed by atoms with Crippen molar-refractivity contribution in [1.29, 1.82) is 0 Å². The van der Waals surface area contributed by atoms with Crippen LogP contribution in [0.2, 0.25) is 0 Å². The maximum absolute atomic E-state index is 12.9. The molecule has 0 saturated carbocycles. The fourth-order valence-electron chi connectivity index (χ4n) is 1.99. The van der Waals surface area contributed by atoms with Crippen LogP contribution in [-0.4, -0.2) is 47.5 Å². The molecule has 1 aliphatic rings. The van der Waals surface area contributed by atoms with Gasteiger partial charge < -0.3 is 10.6 Å². The molecule has 1 amide bonds. The lowest BCUT2D eigenvalue weighted by Crippen LogP contribution is -2.42. The summed E-state index contributed by atoms with van der Waals surface area (Å²) in [4.78, 5) is 18.5. The molecule has 0 radical (unpaired) electrons. The first-order valence-electron chi connectivity index (χ1n) is 6.70. The van der Waals surface area contributed by atoms with Crippen molar-refractivity contribution in [2.45, 2.75) is 24.6 Å². The van der Waals surface area contributed by atoms with E-state index in [4.69, 9.17) is 0 Å². The molecule has 1 unspecified atom stereocenters. The van der Waals surface area contributed by atoms with Crippen LogP contribution >= 0.6 is 12.4 Å². The van der Waals surface area contributed by atoms with Gasteiger partial charge in [-0.15, -0.1) is 12.4 Å². The fraction of sp³-hybridized carbons (Fsp3) is 0.583. The Kier molecular flexibility index (Phi) is 6.67. The number of carbonyl (C=O) groups is 1. The molecule has 1 fully saturated rings. The molecule has 12 heteroatoms. The zero-order valence-electron chi connectivity index (χ0n) is 12.2. The SMILES string of the molecule is Cl.O=C(NCCNc1nccc(C(F)(F)F)n1)C1CC(F)(F)CN1. The Balaban J connectivity index is 0.00000288. The van der Waals surface area contributed by atoms with E-state index in [9.17, 15) is 26.7 Å². The smallest absolute Gasteiger partial charge is 0.353 e. The summed E-state index contributed by atoms with van der Waals surface area (Å²) in [6.07, 6.45) is -4.20. The van der Waals surface area contributed by atoms with Gasteiger partial charge in [-0.25, -0.2) is 18.7 Å². The molecular weight excluding hydrogens is 361 g/mol. The van der Waals surface area contributed by atoms with Crippen LogP contribution in [0.4, 0.5) is 27.9 Å². The van der Waals surface area contributed by atoms with Gasteiger partial charge in [0.1, 0.15) is 5.69 Å². The lowest BCUT2D eigenvalue weighted by atomic mass is 10.2. The van der Waals surface area contributed by atoms with Crippen LogP contribution in [-0.2, 0) is 11.0 Å². The normalized spacial score (nSPS) is 19.5. The minimum absolute atomic E-state index is 0. The number of alkyl halides is 5. The van der Waals surface area contributed by atoms with Crippen molar-refractivity contribution in [3.05, 3.63) is 18.0 Å². The summed E-state index contributed by atoms with van der Waals surface area (Å²) in [7, 11) is 0. The van der Waals surface area contributed by atoms with Crippen LogP contribution in [0.25, 0.3) is 0 Å². The van der Waals surface area contributed by atoms with E-state index in [1.54, 1.807) is 0 Å². The highest BCUT2D eigenvalue weighted by molar-refractivity contribution is 5.85. The lowest BCUT2D eigenvalue weighted by molar-refractivity contribution is -0.141. The van der Waals surface area contributed by atoms with Crippen LogP contribution in [0.3, 0.4) is 0 Å². The summed E-state index contributed by atoms with van der Waals surface area (Å²) >= 11 is 0. The molecule has 1 aromatic rings. The van der Waals surface area contributed by atoms with Crippen molar-refractivity contribution < 1.29 is 26.7 Å². The third-order valence-electron chi connectivity index (χ3n) is 3.08. The van der Waals surface area contributed by atoms with Gasteiger partial charge in [0.05, 0.1) is 12.6 Å². The van der Waals surface area contributed by atoms with Crippen LogP contribution < -0.4 is 16.0 Å². The van der Waals surface area contributed by atoms with E-state index < -0.39 is 42.7 Å². The molecule has 0 spiro atoms. The molecule has 0 bridgehead atoms. The Morgan fingerprint density at radius 3 is 2.67 bits per heavy atom. The molecule has 2 rings (SSSR count). The fourth-order valence-corrected chi connectivity index (χ4v) is 1.99. The van der Waals surface area contributed by atoms with Crippen LogP contribution in [0.15, 0.2) is 12.3 Å². The Morgan fingerprint density at radius 1 is 1.38 bits per heavy atom. The number of rotatable bonds is 5. The van der Waals surface area contributed by atoms with E-state index in [1.165, 1.54) is 0 Å². The summed E-state index contributed by atoms with van der Waals surface area (Å²) in [5.41, 5.74) is -1.09. The number of carbonyl (C=O) groups excluding carboxylic acids is 1. The molecule has 1 aromatic heterocycles. The van der Waals surface area contributed by atoms with Crippen molar-refractivity contribution in [3.63, 3.8) is 0 Å². The van der Waals surface area contributed by atoms with Gasteiger partial charge >= 0.3 is 6.18 Å². The average molecular weight is 376 g/mol. The van der Waals surface area contributed by atoms with Crippen molar-refractivity contribution in [1.82, 2.24) is 20.6 Å². The van der Waals surface area contributed by atoms with Gasteiger partial charge in [-0.05, 0) is 6.07 Å². The van der Waals surface area contributed by atoms with E-state index >= 15 is 0 Å². The van der Waals surface area contributed by atoms with E-state index in [2.05, 4.69) is 25.9 Å². The topological polar surface area (TPSA) is 78.9 Å². The number of halogens is 6. The lowest BCUT2D eigenvalue weighted by Gasteiger charge is -2.12. The summed E-state index contributed by atoms with van der Waals surface area (Å²) in [5, 5.41) is 7.31. The van der Waals surface area contributed by atoms with Crippen molar-refractivity contribution in [3.8, 4) is 0 Å². The number of nitrogens with zero attached hydrogens (tertiary/aromatic N) is 2. The van der Waals surface area contributed by atoms with Gasteiger partial charge in [-0.3, -0.25) is 10.1 Å². The number of hydrogen-bond donors (Lipinski definition) is 3. The maximum atomic E-state index is 12.9. The second kappa shape index (κ2) is 7.88. The van der Waals surface area contributed by atoms with Crippen molar-refractivity contribution in [2.75, 3.05) is 25.0 Å². The summed E-state index contributed by atoms with van der Waals surface area (Å²) in [5.74, 6) is -3.74. The molecule has 0 aliphatic carbocycles. The Hall–Kier alpha value is -1.75. The molecule has 1 saturated heterocycles. The first-order valence-corrected chi connectivity index (χ1v) is 6.70. The highest BCUT2D eigenvalue weighted by Crippen LogP contribution is 2.27. The largest absolute Gasteiger partial charge is 0.433 e. The Bertz CT molecular complexity index is 571. The predicted octanol–water partition coefficient (Wildman–Crippen LogP) is 1.44. The van der Waals surface area contributed by atoms with Gasteiger partial charge in [0, 0.05) is 25.7 Å². The van der Waals surface area contributed by atoms with E-state index in [1.807, 2.05) is 0 Å². The van der Waals surface area contributed by atoms with Crippen molar-refractivity contribution >= 4 is 24.3 Å². The number of anilines is 1. The second-order valence-corrected chi connectivity index (χ2v) is 4.97. The molecule has 0 aromatic carbocycles. The van der Waals surface area contributed by atoms with E-state index in [0.717, 1.165) is 12.3 Å². The molecule has 1 atom stereocenters. The molecular formula is C12H15ClF5N5O. The van der Waals surface area contributed by atoms with Gasteiger partial charge in [0.25, 0.3) is 5.92 Å². The minimum Gasteiger partial charge on any atom is -0.353 e. The molecule has 6 nitrogen and oxygen atoms in total. The van der Waals surface area contributed by atoms with Gasteiger partial charge in [0.2, 0.25) is 11.9 Å². The number of aromatic nitrogens is 2. The third-order valence-corrected chi connectivity index (χ3v) is 3.08. The average Bonchev–Trinajstić information content (AvgIpc) is 2.83. The minimum atomic E-state index is -4.58. The highest BCUT2D eigenvalue weighted by Gasteiger charge is 2.42. The Morgan fingerprint density at radius 2 is 2.08 bits per heavy atom. The van der Waals surface area contributed by atoms with Gasteiger partial charge in [-0.1, -0.05) is 0 Å². The van der Waals surface area contributed by atoms with Crippen molar-refractivity contribution in [2.24, 2.45) is 0 Å². The molecule has 24 heavy (non-hydrogen) atoms. The summed E-state index contributed by atoms with van der Waals surface area (Å²) in [6.45, 7) is -0.472. The monoisotopic (exact) mass is 375 g/mol. The zero-order valence-corrected chi connectivity index (χ0v) is 13.0. The highest BCUT2D eigenvalue weighted by atomic mass is 35.5. The molecule has 2 heterocycles. The van der Waals surface area contributed by atoms with Crippen LogP contribution in [0, 0.1) is 0 Å². The van der Waals surface area contributed by atoms with Crippen LogP contribution in [0.1, 0.15) is 12.1 Å². The predicted molar refractivity (Wildman–Crippen MR) is 77.1 cm³/mol. The molecule has 1 aliphatic heterocycles. The number of hydrogen-bond acceptors (Lipinski definition) is 5.